The molecule has 2 aromatic rings. The lowest BCUT2D eigenvalue weighted by molar-refractivity contribution is -0.122. The highest BCUT2D eigenvalue weighted by atomic mass is 35.5. The fraction of sp³-hybridized carbons (Fsp3) is 0.375. The number of nitrogens with zero attached hydrogens (tertiary/aromatic N) is 2. The van der Waals surface area contributed by atoms with Crippen LogP contribution in [0.5, 0.6) is 11.5 Å². The molecule has 176 valence electrons. The first-order valence-corrected chi connectivity index (χ1v) is 11.1. The van der Waals surface area contributed by atoms with Crippen LogP contribution >= 0.6 is 11.6 Å². The van der Waals surface area contributed by atoms with E-state index in [4.69, 9.17) is 21.1 Å². The summed E-state index contributed by atoms with van der Waals surface area (Å²) in [4.78, 5) is 40.7. The Morgan fingerprint density at radius 1 is 1.21 bits per heavy atom. The average molecular weight is 474 g/mol. The van der Waals surface area contributed by atoms with Gasteiger partial charge in [0.2, 0.25) is 5.91 Å². The van der Waals surface area contributed by atoms with Crippen molar-refractivity contribution in [3.05, 3.63) is 53.1 Å². The number of carbonyl (C=O) groups excluding carboxylic acids is 3. The second-order valence-electron chi connectivity index (χ2n) is 7.94. The highest BCUT2D eigenvalue weighted by molar-refractivity contribution is 6.30. The summed E-state index contributed by atoms with van der Waals surface area (Å²) in [7, 11) is 3.88. The maximum atomic E-state index is 12.7. The van der Waals surface area contributed by atoms with Gasteiger partial charge < -0.3 is 24.6 Å². The van der Waals surface area contributed by atoms with Gasteiger partial charge in [0.05, 0.1) is 5.69 Å². The molecule has 0 aromatic heterocycles. The number of nitrogens with one attached hydrogen (secondary N) is 1. The number of benzene rings is 2. The molecule has 1 N–H and O–H groups in total. The van der Waals surface area contributed by atoms with Crippen molar-refractivity contribution in [1.29, 1.82) is 0 Å². The Kier molecular flexibility index (Phi) is 8.68. The highest BCUT2D eigenvalue weighted by Crippen LogP contribution is 2.33. The summed E-state index contributed by atoms with van der Waals surface area (Å²) < 4.78 is 11.1. The van der Waals surface area contributed by atoms with Gasteiger partial charge in [-0.25, -0.2) is 0 Å². The van der Waals surface area contributed by atoms with Crippen LogP contribution in [-0.2, 0) is 9.59 Å². The molecule has 0 bridgehead atoms. The first kappa shape index (κ1) is 24.5. The second-order valence-corrected chi connectivity index (χ2v) is 8.38. The van der Waals surface area contributed by atoms with E-state index in [1.165, 1.54) is 0 Å². The van der Waals surface area contributed by atoms with Crippen LogP contribution in [-0.4, -0.2) is 69.4 Å². The van der Waals surface area contributed by atoms with Crippen molar-refractivity contribution in [3.8, 4) is 11.5 Å². The van der Waals surface area contributed by atoms with Crippen molar-refractivity contribution in [2.75, 3.05) is 51.8 Å². The summed E-state index contributed by atoms with van der Waals surface area (Å²) in [5.74, 6) is 0.515. The summed E-state index contributed by atoms with van der Waals surface area (Å²) in [6, 6.07) is 11.8. The van der Waals surface area contributed by atoms with Gasteiger partial charge in [-0.2, -0.15) is 0 Å². The molecule has 1 aliphatic rings. The maximum Gasteiger partial charge on any atom is 0.265 e. The summed E-state index contributed by atoms with van der Waals surface area (Å²) in [5, 5.41) is 3.38. The first-order chi connectivity index (χ1) is 15.8. The van der Waals surface area contributed by atoms with Gasteiger partial charge >= 0.3 is 0 Å². The van der Waals surface area contributed by atoms with E-state index in [1.807, 2.05) is 19.0 Å². The minimum absolute atomic E-state index is 0.0557. The number of fused-ring (bicyclic) bond motifs is 1. The second kappa shape index (κ2) is 11.7. The molecule has 2 aromatic carbocycles. The van der Waals surface area contributed by atoms with Crippen molar-refractivity contribution in [2.24, 2.45) is 0 Å². The van der Waals surface area contributed by atoms with E-state index in [2.05, 4.69) is 5.32 Å². The van der Waals surface area contributed by atoms with Gasteiger partial charge in [-0.3, -0.25) is 14.4 Å². The van der Waals surface area contributed by atoms with Crippen LogP contribution in [0.25, 0.3) is 0 Å². The molecule has 0 fully saturated rings. The molecule has 0 saturated carbocycles. The van der Waals surface area contributed by atoms with E-state index < -0.39 is 0 Å². The van der Waals surface area contributed by atoms with Gasteiger partial charge in [0.15, 0.2) is 19.0 Å². The summed E-state index contributed by atoms with van der Waals surface area (Å²) in [5.41, 5.74) is 0.924. The molecule has 1 heterocycles. The Bertz CT molecular complexity index is 1010. The normalized spacial score (nSPS) is 12.8. The molecule has 0 spiro atoms. The lowest BCUT2D eigenvalue weighted by Gasteiger charge is -2.29. The van der Waals surface area contributed by atoms with E-state index in [0.717, 1.165) is 6.54 Å². The number of carbonyl (C=O) groups is 3. The summed E-state index contributed by atoms with van der Waals surface area (Å²) in [6.07, 6.45) is 0.800. The largest absolute Gasteiger partial charge is 0.485 e. The van der Waals surface area contributed by atoms with Crippen LogP contribution in [0.4, 0.5) is 5.69 Å². The van der Waals surface area contributed by atoms with Crippen LogP contribution < -0.4 is 19.7 Å². The molecule has 0 radical (unpaired) electrons. The van der Waals surface area contributed by atoms with E-state index in [9.17, 15) is 14.4 Å². The van der Waals surface area contributed by atoms with E-state index >= 15 is 0 Å². The van der Waals surface area contributed by atoms with Crippen LogP contribution in [0.15, 0.2) is 42.5 Å². The van der Waals surface area contributed by atoms with Gasteiger partial charge in [0.25, 0.3) is 5.91 Å². The zero-order valence-corrected chi connectivity index (χ0v) is 19.6. The third-order valence-electron chi connectivity index (χ3n) is 5.06. The van der Waals surface area contributed by atoms with E-state index in [-0.39, 0.29) is 30.8 Å². The number of amides is 2. The van der Waals surface area contributed by atoms with Crippen LogP contribution in [0.2, 0.25) is 5.02 Å². The maximum absolute atomic E-state index is 12.7. The van der Waals surface area contributed by atoms with Crippen LogP contribution in [0.1, 0.15) is 23.2 Å². The Morgan fingerprint density at radius 2 is 2.03 bits per heavy atom. The lowest BCUT2D eigenvalue weighted by Crippen LogP contribution is -2.40. The van der Waals surface area contributed by atoms with Crippen LogP contribution in [0, 0.1) is 0 Å². The molecule has 2 amide bonds. The molecule has 8 nitrogen and oxygen atoms in total. The Balaban J connectivity index is 1.60. The minimum Gasteiger partial charge on any atom is -0.485 e. The van der Waals surface area contributed by atoms with Gasteiger partial charge in [-0.1, -0.05) is 17.7 Å². The molecule has 9 heteroatoms. The molecule has 0 atom stereocenters. The molecule has 0 saturated heterocycles. The number of ketones is 1. The number of anilines is 1. The molecule has 1 aliphatic heterocycles. The predicted molar refractivity (Wildman–Crippen MR) is 126 cm³/mol. The Morgan fingerprint density at radius 3 is 2.79 bits per heavy atom. The number of Topliss-reactive ketones (excluding diaryl/α,β-unsaturated/α-hetero) is 1. The van der Waals surface area contributed by atoms with Gasteiger partial charge in [0, 0.05) is 36.6 Å². The fourth-order valence-corrected chi connectivity index (χ4v) is 3.50. The van der Waals surface area contributed by atoms with Crippen LogP contribution in [0.3, 0.4) is 0 Å². The van der Waals surface area contributed by atoms with Crippen molar-refractivity contribution >= 4 is 34.9 Å². The minimum atomic E-state index is -0.240. The van der Waals surface area contributed by atoms with Gasteiger partial charge in [-0.15, -0.1) is 0 Å². The average Bonchev–Trinajstić information content (AvgIpc) is 2.78. The van der Waals surface area contributed by atoms with E-state index in [0.29, 0.717) is 53.7 Å². The first-order valence-electron chi connectivity index (χ1n) is 10.7. The number of likely N-dealkylation sites (N-methyl/N-ethyl adjacent to an activating group) is 1. The molecule has 3 rings (SSSR count). The van der Waals surface area contributed by atoms with Crippen molar-refractivity contribution < 1.29 is 23.9 Å². The van der Waals surface area contributed by atoms with E-state index in [1.54, 1.807) is 47.4 Å². The molecular formula is C24H28ClN3O5. The predicted octanol–water partition coefficient (Wildman–Crippen LogP) is 2.79. The smallest absolute Gasteiger partial charge is 0.265 e. The molecule has 33 heavy (non-hydrogen) atoms. The monoisotopic (exact) mass is 473 g/mol. The molecule has 0 aliphatic carbocycles. The SMILES string of the molecule is CN(C)CCNC(=O)CCCN1C(=O)COc2ccc(C(=O)COc3cccc(Cl)c3)cc21. The Hall–Kier alpha value is -3.10. The third-order valence-corrected chi connectivity index (χ3v) is 5.29. The quantitative estimate of drug-likeness (QED) is 0.505. The number of ether oxygens (including phenoxy) is 2. The topological polar surface area (TPSA) is 88.2 Å². The summed E-state index contributed by atoms with van der Waals surface area (Å²) in [6.45, 7) is 1.45. The zero-order chi connectivity index (χ0) is 23.8. The zero-order valence-electron chi connectivity index (χ0n) is 18.8. The van der Waals surface area contributed by atoms with Gasteiger partial charge in [-0.05, 0) is 56.9 Å². The standard InChI is InChI=1S/C24H28ClN3O5/c1-27(2)12-10-26-23(30)7-4-11-28-20-13-17(8-9-22(20)33-16-24(28)31)21(29)15-32-19-6-3-5-18(25)14-19/h3,5-6,8-9,13-14H,4,7,10-12,15-16H2,1-2H3,(H,26,30). The number of rotatable bonds is 11. The number of halogens is 1. The molecule has 0 unspecified atom stereocenters. The Labute approximate surface area is 198 Å². The van der Waals surface area contributed by atoms with Gasteiger partial charge in [0.1, 0.15) is 11.5 Å². The number of hydrogen-bond acceptors (Lipinski definition) is 6. The third kappa shape index (κ3) is 7.20. The summed E-state index contributed by atoms with van der Waals surface area (Å²) >= 11 is 5.94. The number of hydrogen-bond donors (Lipinski definition) is 1. The van der Waals surface area contributed by atoms with Crippen molar-refractivity contribution in [2.45, 2.75) is 12.8 Å². The van der Waals surface area contributed by atoms with Crippen molar-refractivity contribution in [3.63, 3.8) is 0 Å². The lowest BCUT2D eigenvalue weighted by atomic mass is 10.1. The van der Waals surface area contributed by atoms with Crippen molar-refractivity contribution in [1.82, 2.24) is 10.2 Å². The fourth-order valence-electron chi connectivity index (χ4n) is 3.31. The highest BCUT2D eigenvalue weighted by Gasteiger charge is 2.26. The molecular weight excluding hydrogens is 446 g/mol.